The number of aromatic nitrogens is 2. The van der Waals surface area contributed by atoms with Crippen molar-refractivity contribution in [1.82, 2.24) is 14.0 Å². The van der Waals surface area contributed by atoms with Crippen LogP contribution in [0.4, 0.5) is 4.39 Å². The van der Waals surface area contributed by atoms with Gasteiger partial charge in [0.05, 0.1) is 11.3 Å². The van der Waals surface area contributed by atoms with E-state index in [0.717, 1.165) is 40.7 Å². The number of amides is 1. The fourth-order valence-electron chi connectivity index (χ4n) is 2.95. The minimum absolute atomic E-state index is 0.0944. The molecule has 12 heteroatoms. The summed E-state index contributed by atoms with van der Waals surface area (Å²) in [5.41, 5.74) is -0.521. The van der Waals surface area contributed by atoms with Gasteiger partial charge in [-0.1, -0.05) is 12.1 Å². The normalized spacial score (nSPS) is 15.2. The number of ether oxygens (including phenoxy) is 1. The molecule has 1 amide bonds. The molecule has 2 aromatic heterocycles. The number of halogens is 1. The molecular formula is C21H14FN3O7S. The lowest BCUT2D eigenvalue weighted by molar-refractivity contribution is -0.193. The third-order valence-corrected chi connectivity index (χ3v) is 6.14. The molecule has 1 aliphatic rings. The molecule has 0 bridgehead atoms. The third-order valence-electron chi connectivity index (χ3n) is 4.48. The highest BCUT2D eigenvalue weighted by Gasteiger charge is 2.29. The van der Waals surface area contributed by atoms with Crippen molar-refractivity contribution in [2.45, 2.75) is 4.90 Å². The summed E-state index contributed by atoms with van der Waals surface area (Å²) >= 11 is 0. The van der Waals surface area contributed by atoms with E-state index < -0.39 is 40.4 Å². The molecule has 33 heavy (non-hydrogen) atoms. The SMILES string of the molecule is O=C1/C=C/C(=O)ON(C(=O)c2cc(-c3ccccc3F)n(S(=O)(=O)c3cccnc3)c2)CO1. The molecule has 3 aromatic rings. The van der Waals surface area contributed by atoms with Crippen LogP contribution in [0.5, 0.6) is 0 Å². The first kappa shape index (κ1) is 21.9. The molecule has 1 aromatic carbocycles. The highest BCUT2D eigenvalue weighted by Crippen LogP contribution is 2.29. The third kappa shape index (κ3) is 4.36. The number of nitrogens with zero attached hydrogens (tertiary/aromatic N) is 3. The molecule has 0 spiro atoms. The van der Waals surface area contributed by atoms with E-state index in [0.29, 0.717) is 5.06 Å². The number of rotatable bonds is 4. The van der Waals surface area contributed by atoms with Crippen LogP contribution >= 0.6 is 0 Å². The van der Waals surface area contributed by atoms with E-state index in [1.54, 1.807) is 0 Å². The largest absolute Gasteiger partial charge is 0.438 e. The topological polar surface area (TPSA) is 125 Å². The maximum absolute atomic E-state index is 14.6. The fourth-order valence-corrected chi connectivity index (χ4v) is 4.29. The van der Waals surface area contributed by atoms with Crippen molar-refractivity contribution >= 4 is 27.9 Å². The number of hydroxylamine groups is 2. The predicted molar refractivity (Wildman–Crippen MR) is 109 cm³/mol. The van der Waals surface area contributed by atoms with Gasteiger partial charge in [0.2, 0.25) is 6.73 Å². The number of cyclic esters (lactones) is 1. The van der Waals surface area contributed by atoms with E-state index in [1.807, 2.05) is 0 Å². The van der Waals surface area contributed by atoms with Gasteiger partial charge >= 0.3 is 11.9 Å². The van der Waals surface area contributed by atoms with Crippen LogP contribution in [0, 0.1) is 5.82 Å². The Bertz CT molecular complexity index is 1380. The summed E-state index contributed by atoms with van der Waals surface area (Å²) in [6.07, 6.45) is 5.04. The Balaban J connectivity index is 1.83. The number of hydrogen-bond donors (Lipinski definition) is 0. The second-order valence-electron chi connectivity index (χ2n) is 6.60. The number of esters is 1. The molecule has 0 N–H and O–H groups in total. The van der Waals surface area contributed by atoms with Crippen LogP contribution < -0.4 is 0 Å². The summed E-state index contributed by atoms with van der Waals surface area (Å²) in [5.74, 6) is -3.62. The summed E-state index contributed by atoms with van der Waals surface area (Å²) < 4.78 is 46.6. The van der Waals surface area contributed by atoms with Crippen LogP contribution in [0.1, 0.15) is 10.4 Å². The van der Waals surface area contributed by atoms with Crippen molar-refractivity contribution in [3.8, 4) is 11.3 Å². The molecule has 4 rings (SSSR count). The van der Waals surface area contributed by atoms with Crippen LogP contribution in [-0.4, -0.2) is 47.0 Å². The van der Waals surface area contributed by atoms with Crippen molar-refractivity contribution in [1.29, 1.82) is 0 Å². The average Bonchev–Trinajstić information content (AvgIpc) is 3.26. The van der Waals surface area contributed by atoms with Crippen molar-refractivity contribution in [3.05, 3.63) is 84.6 Å². The minimum atomic E-state index is -4.30. The van der Waals surface area contributed by atoms with Gasteiger partial charge < -0.3 is 9.57 Å². The first-order chi connectivity index (χ1) is 15.8. The Morgan fingerprint density at radius 2 is 1.82 bits per heavy atom. The first-order valence-electron chi connectivity index (χ1n) is 9.29. The van der Waals surface area contributed by atoms with E-state index in [1.165, 1.54) is 36.5 Å². The molecule has 1 aliphatic heterocycles. The molecular weight excluding hydrogens is 457 g/mol. The summed E-state index contributed by atoms with van der Waals surface area (Å²) in [5, 5.41) is 0.450. The summed E-state index contributed by atoms with van der Waals surface area (Å²) in [6.45, 7) is -0.733. The molecule has 0 atom stereocenters. The Morgan fingerprint density at radius 3 is 2.55 bits per heavy atom. The maximum atomic E-state index is 14.6. The maximum Gasteiger partial charge on any atom is 0.356 e. The molecule has 0 saturated heterocycles. The Hall–Kier alpha value is -4.32. The standard InChI is InChI=1S/C21H14FN3O7S/c22-17-6-2-1-5-16(17)18-10-14(12-25(18)33(29,30)15-4-3-9-23-11-15)21(28)24-13-31-19(26)7-8-20(27)32-24/h1-12H,13H2/b8-7+. The van der Waals surface area contributed by atoms with E-state index in [9.17, 15) is 27.2 Å². The molecule has 10 nitrogen and oxygen atoms in total. The zero-order valence-electron chi connectivity index (χ0n) is 16.6. The Labute approximate surface area is 186 Å². The van der Waals surface area contributed by atoms with E-state index in [4.69, 9.17) is 9.57 Å². The first-order valence-corrected chi connectivity index (χ1v) is 10.7. The summed E-state index contributed by atoms with van der Waals surface area (Å²) in [4.78, 5) is 44.6. The van der Waals surface area contributed by atoms with E-state index in [-0.39, 0.29) is 21.7 Å². The smallest absolute Gasteiger partial charge is 0.356 e. The highest BCUT2D eigenvalue weighted by atomic mass is 32.2. The molecule has 0 unspecified atom stereocenters. The van der Waals surface area contributed by atoms with E-state index in [2.05, 4.69) is 4.98 Å². The van der Waals surface area contributed by atoms with Gasteiger partial charge in [-0.25, -0.2) is 26.4 Å². The molecule has 0 saturated carbocycles. The highest BCUT2D eigenvalue weighted by molar-refractivity contribution is 7.90. The monoisotopic (exact) mass is 471 g/mol. The lowest BCUT2D eigenvalue weighted by Gasteiger charge is -2.20. The van der Waals surface area contributed by atoms with Crippen molar-refractivity contribution in [2.75, 3.05) is 6.73 Å². The van der Waals surface area contributed by atoms with Gasteiger partial charge in [-0.05, 0) is 30.3 Å². The zero-order valence-corrected chi connectivity index (χ0v) is 17.4. The lowest BCUT2D eigenvalue weighted by Crippen LogP contribution is -2.36. The van der Waals surface area contributed by atoms with Gasteiger partial charge in [0.25, 0.3) is 15.9 Å². The zero-order chi connectivity index (χ0) is 23.6. The second-order valence-corrected chi connectivity index (χ2v) is 8.42. The quantitative estimate of drug-likeness (QED) is 0.529. The average molecular weight is 471 g/mol. The van der Waals surface area contributed by atoms with Gasteiger partial charge in [-0.3, -0.25) is 9.78 Å². The molecule has 0 aliphatic carbocycles. The fraction of sp³-hybridized carbons (Fsp3) is 0.0476. The van der Waals surface area contributed by atoms with Crippen molar-refractivity contribution in [2.24, 2.45) is 0 Å². The second kappa shape index (κ2) is 8.67. The van der Waals surface area contributed by atoms with Crippen LogP contribution in [-0.2, 0) is 29.2 Å². The van der Waals surface area contributed by atoms with Gasteiger partial charge in [0.15, 0.2) is 0 Å². The number of carbonyl (C=O) groups excluding carboxylic acids is 3. The number of pyridine rings is 1. The lowest BCUT2D eigenvalue weighted by atomic mass is 10.1. The Morgan fingerprint density at radius 1 is 1.06 bits per heavy atom. The van der Waals surface area contributed by atoms with E-state index >= 15 is 0 Å². The summed E-state index contributed by atoms with van der Waals surface area (Å²) in [7, 11) is -4.30. The summed E-state index contributed by atoms with van der Waals surface area (Å²) in [6, 6.07) is 9.23. The number of hydrogen-bond acceptors (Lipinski definition) is 8. The van der Waals surface area contributed by atoms with Crippen LogP contribution in [0.2, 0.25) is 0 Å². The predicted octanol–water partition coefficient (Wildman–Crippen LogP) is 1.90. The number of benzene rings is 1. The van der Waals surface area contributed by atoms with Crippen LogP contribution in [0.15, 0.2) is 78.1 Å². The molecule has 0 radical (unpaired) electrons. The number of carbonyl (C=O) groups is 3. The van der Waals surface area contributed by atoms with Crippen molar-refractivity contribution in [3.63, 3.8) is 0 Å². The van der Waals surface area contributed by atoms with Gasteiger partial charge in [0.1, 0.15) is 10.7 Å². The van der Waals surface area contributed by atoms with Crippen LogP contribution in [0.25, 0.3) is 11.3 Å². The Kier molecular flexibility index (Phi) is 5.75. The molecule has 0 fully saturated rings. The van der Waals surface area contributed by atoms with Crippen LogP contribution in [0.3, 0.4) is 0 Å². The van der Waals surface area contributed by atoms with Gasteiger partial charge in [-0.15, -0.1) is 5.06 Å². The van der Waals surface area contributed by atoms with Gasteiger partial charge in [0, 0.05) is 36.3 Å². The van der Waals surface area contributed by atoms with Crippen molar-refractivity contribution < 1.29 is 36.8 Å². The molecule has 168 valence electrons. The van der Waals surface area contributed by atoms with Gasteiger partial charge in [-0.2, -0.15) is 0 Å². The molecule has 3 heterocycles. The minimum Gasteiger partial charge on any atom is -0.438 e.